The summed E-state index contributed by atoms with van der Waals surface area (Å²) in [6, 6.07) is 7.11. The number of halogens is 4. The highest BCUT2D eigenvalue weighted by molar-refractivity contribution is 14.1. The minimum absolute atomic E-state index is 0.0763. The third-order valence-electron chi connectivity index (χ3n) is 2.87. The predicted molar refractivity (Wildman–Crippen MR) is 78.1 cm³/mol. The van der Waals surface area contributed by atoms with Crippen LogP contribution in [0.2, 0.25) is 0 Å². The summed E-state index contributed by atoms with van der Waals surface area (Å²) < 4.78 is 42.0. The van der Waals surface area contributed by atoms with Crippen LogP contribution in [0.1, 0.15) is 0 Å². The van der Waals surface area contributed by atoms with Gasteiger partial charge in [0.2, 0.25) is 5.95 Å². The summed E-state index contributed by atoms with van der Waals surface area (Å²) in [5, 5.41) is 0. The van der Waals surface area contributed by atoms with E-state index in [4.69, 9.17) is 5.73 Å². The van der Waals surface area contributed by atoms with Crippen molar-refractivity contribution in [2.24, 2.45) is 0 Å². The molecular formula is C13H7F3IN3. The van der Waals surface area contributed by atoms with Crippen LogP contribution < -0.4 is 5.73 Å². The third-order valence-corrected chi connectivity index (χ3v) is 3.54. The van der Waals surface area contributed by atoms with Gasteiger partial charge in [-0.15, -0.1) is 0 Å². The number of aromatic nitrogens is 2. The quantitative estimate of drug-likeness (QED) is 0.511. The van der Waals surface area contributed by atoms with Crippen LogP contribution in [0.3, 0.4) is 0 Å². The van der Waals surface area contributed by atoms with Crippen LogP contribution in [0.15, 0.2) is 30.3 Å². The van der Waals surface area contributed by atoms with Gasteiger partial charge in [0.1, 0.15) is 0 Å². The van der Waals surface area contributed by atoms with E-state index in [0.29, 0.717) is 11.0 Å². The first kappa shape index (κ1) is 13.2. The molecule has 3 nitrogen and oxygen atoms in total. The van der Waals surface area contributed by atoms with Gasteiger partial charge >= 0.3 is 0 Å². The summed E-state index contributed by atoms with van der Waals surface area (Å²) in [5.74, 6) is -3.97. The van der Waals surface area contributed by atoms with Gasteiger partial charge in [-0.1, -0.05) is 0 Å². The molecule has 3 aromatic rings. The Kier molecular flexibility index (Phi) is 3.08. The number of nitrogens with zero attached hydrogens (tertiary/aromatic N) is 2. The second-order valence-corrected chi connectivity index (χ2v) is 5.41. The lowest BCUT2D eigenvalue weighted by molar-refractivity contribution is 0.446. The van der Waals surface area contributed by atoms with E-state index in [2.05, 4.69) is 27.6 Å². The first-order valence-electron chi connectivity index (χ1n) is 5.56. The Bertz CT molecular complexity index is 806. The Labute approximate surface area is 125 Å². The summed E-state index contributed by atoms with van der Waals surface area (Å²) in [5.41, 5.74) is 7.06. The number of anilines is 1. The average molecular weight is 389 g/mol. The van der Waals surface area contributed by atoms with Crippen LogP contribution in [0.25, 0.3) is 16.7 Å². The van der Waals surface area contributed by atoms with Crippen LogP contribution >= 0.6 is 22.6 Å². The highest BCUT2D eigenvalue weighted by Crippen LogP contribution is 2.26. The van der Waals surface area contributed by atoms with E-state index < -0.39 is 17.5 Å². The average Bonchev–Trinajstić information content (AvgIpc) is 2.70. The number of fused-ring (bicyclic) bond motifs is 1. The van der Waals surface area contributed by atoms with Gasteiger partial charge in [-0.25, -0.2) is 18.2 Å². The first-order chi connectivity index (χ1) is 9.47. The number of imidazole rings is 1. The predicted octanol–water partition coefficient (Wildman–Crippen LogP) is 3.63. The fraction of sp³-hybridized carbons (Fsp3) is 0. The van der Waals surface area contributed by atoms with Crippen molar-refractivity contribution in [1.29, 1.82) is 0 Å². The summed E-state index contributed by atoms with van der Waals surface area (Å²) in [6.45, 7) is 0. The van der Waals surface area contributed by atoms with E-state index in [-0.39, 0.29) is 11.6 Å². The number of hydrogen-bond donors (Lipinski definition) is 1. The standard InChI is InChI=1S/C13H7F3IN3/c14-8-4-7(5-9(15)12(8)16)20-11-2-1-6(17)3-10(11)19-13(20)18/h1-5H,(H2,18,19). The molecule has 0 amide bonds. The molecule has 20 heavy (non-hydrogen) atoms. The van der Waals surface area contributed by atoms with E-state index in [9.17, 15) is 13.2 Å². The van der Waals surface area contributed by atoms with E-state index in [1.165, 1.54) is 4.57 Å². The lowest BCUT2D eigenvalue weighted by Gasteiger charge is -2.07. The van der Waals surface area contributed by atoms with Crippen LogP contribution in [0, 0.1) is 21.0 Å². The van der Waals surface area contributed by atoms with Gasteiger partial charge in [-0.2, -0.15) is 0 Å². The molecule has 1 heterocycles. The Balaban J connectivity index is 2.32. The molecule has 3 rings (SSSR count). The maximum atomic E-state index is 13.3. The van der Waals surface area contributed by atoms with Crippen LogP contribution in [-0.2, 0) is 0 Å². The normalized spacial score (nSPS) is 11.2. The molecule has 0 saturated carbocycles. The van der Waals surface area contributed by atoms with Crippen molar-refractivity contribution < 1.29 is 13.2 Å². The van der Waals surface area contributed by atoms with Gasteiger partial charge in [0, 0.05) is 15.7 Å². The summed E-state index contributed by atoms with van der Waals surface area (Å²) in [7, 11) is 0. The van der Waals surface area contributed by atoms with Crippen molar-refractivity contribution in [1.82, 2.24) is 9.55 Å². The second-order valence-electron chi connectivity index (χ2n) is 4.16. The molecule has 2 aromatic carbocycles. The summed E-state index contributed by atoms with van der Waals surface area (Å²) in [6.07, 6.45) is 0. The zero-order valence-electron chi connectivity index (χ0n) is 9.87. The molecule has 0 aliphatic carbocycles. The Morgan fingerprint density at radius 3 is 2.35 bits per heavy atom. The van der Waals surface area contributed by atoms with E-state index >= 15 is 0 Å². The molecule has 0 aliphatic rings. The monoisotopic (exact) mass is 389 g/mol. The molecule has 0 fully saturated rings. The van der Waals surface area contributed by atoms with Crippen LogP contribution in [0.5, 0.6) is 0 Å². The minimum Gasteiger partial charge on any atom is -0.369 e. The fourth-order valence-corrected chi connectivity index (χ4v) is 2.49. The number of nitrogen functional groups attached to an aromatic ring is 1. The van der Waals surface area contributed by atoms with Crippen LogP contribution in [-0.4, -0.2) is 9.55 Å². The second kappa shape index (κ2) is 4.65. The lowest BCUT2D eigenvalue weighted by atomic mass is 10.2. The molecule has 0 radical (unpaired) electrons. The molecule has 102 valence electrons. The fourth-order valence-electron chi connectivity index (χ4n) is 2.01. The topological polar surface area (TPSA) is 43.8 Å². The Morgan fingerprint density at radius 2 is 1.70 bits per heavy atom. The molecule has 7 heteroatoms. The molecule has 0 saturated heterocycles. The molecule has 0 atom stereocenters. The summed E-state index contributed by atoms with van der Waals surface area (Å²) in [4.78, 5) is 4.13. The molecule has 1 aromatic heterocycles. The molecule has 0 aliphatic heterocycles. The highest BCUT2D eigenvalue weighted by atomic mass is 127. The van der Waals surface area contributed by atoms with Gasteiger partial charge in [-0.3, -0.25) is 4.57 Å². The SMILES string of the molecule is Nc1nc2cc(I)ccc2n1-c1cc(F)c(F)c(F)c1. The molecule has 0 unspecified atom stereocenters. The molecule has 0 bridgehead atoms. The largest absolute Gasteiger partial charge is 0.369 e. The maximum Gasteiger partial charge on any atom is 0.205 e. The van der Waals surface area contributed by atoms with E-state index in [0.717, 1.165) is 15.7 Å². The number of hydrogen-bond acceptors (Lipinski definition) is 2. The molecule has 2 N–H and O–H groups in total. The van der Waals surface area contributed by atoms with Gasteiger partial charge in [0.05, 0.1) is 16.7 Å². The van der Waals surface area contributed by atoms with Crippen LogP contribution in [0.4, 0.5) is 19.1 Å². The van der Waals surface area contributed by atoms with Gasteiger partial charge in [0.25, 0.3) is 0 Å². The van der Waals surface area contributed by atoms with Crippen molar-refractivity contribution in [3.63, 3.8) is 0 Å². The van der Waals surface area contributed by atoms with Gasteiger partial charge in [-0.05, 0) is 40.8 Å². The zero-order chi connectivity index (χ0) is 14.4. The maximum absolute atomic E-state index is 13.3. The smallest absolute Gasteiger partial charge is 0.205 e. The van der Waals surface area contributed by atoms with Gasteiger partial charge < -0.3 is 5.73 Å². The lowest BCUT2D eigenvalue weighted by Crippen LogP contribution is -2.03. The first-order valence-corrected chi connectivity index (χ1v) is 6.63. The third kappa shape index (κ3) is 2.01. The number of benzene rings is 2. The Morgan fingerprint density at radius 1 is 1.05 bits per heavy atom. The Hall–Kier alpha value is -1.77. The highest BCUT2D eigenvalue weighted by Gasteiger charge is 2.15. The van der Waals surface area contributed by atoms with Gasteiger partial charge in [0.15, 0.2) is 17.5 Å². The van der Waals surface area contributed by atoms with Crippen molar-refractivity contribution in [3.05, 3.63) is 51.4 Å². The molecular weight excluding hydrogens is 382 g/mol. The van der Waals surface area contributed by atoms with Crippen molar-refractivity contribution in [2.75, 3.05) is 5.73 Å². The van der Waals surface area contributed by atoms with Crippen molar-refractivity contribution in [3.8, 4) is 5.69 Å². The van der Waals surface area contributed by atoms with E-state index in [1.54, 1.807) is 12.1 Å². The number of rotatable bonds is 1. The zero-order valence-corrected chi connectivity index (χ0v) is 12.0. The summed E-state index contributed by atoms with van der Waals surface area (Å²) >= 11 is 2.12. The van der Waals surface area contributed by atoms with Crippen molar-refractivity contribution >= 4 is 39.6 Å². The minimum atomic E-state index is -1.51. The van der Waals surface area contributed by atoms with Crippen molar-refractivity contribution in [2.45, 2.75) is 0 Å². The van der Waals surface area contributed by atoms with E-state index in [1.807, 2.05) is 6.07 Å². The number of nitrogens with two attached hydrogens (primary N) is 1. The molecule has 0 spiro atoms.